The van der Waals surface area contributed by atoms with Crippen molar-refractivity contribution in [2.24, 2.45) is 17.4 Å². The number of amides is 1. The first-order valence-corrected chi connectivity index (χ1v) is 8.18. The van der Waals surface area contributed by atoms with Crippen molar-refractivity contribution < 1.29 is 4.79 Å². The first kappa shape index (κ1) is 15.0. The van der Waals surface area contributed by atoms with Gasteiger partial charge >= 0.3 is 0 Å². The van der Waals surface area contributed by atoms with Gasteiger partial charge in [-0.2, -0.15) is 0 Å². The zero-order valence-corrected chi connectivity index (χ0v) is 13.4. The minimum Gasteiger partial charge on any atom is -0.369 e. The predicted molar refractivity (Wildman–Crippen MR) is 81.9 cm³/mol. The quantitative estimate of drug-likeness (QED) is 0.858. The number of likely N-dealkylation sites (tertiary alicyclic amines) is 1. The van der Waals surface area contributed by atoms with Gasteiger partial charge in [0.05, 0.1) is 15.7 Å². The highest BCUT2D eigenvalue weighted by atomic mass is 79.9. The number of primary amides is 1. The summed E-state index contributed by atoms with van der Waals surface area (Å²) in [5, 5.41) is 0. The highest BCUT2D eigenvalue weighted by molar-refractivity contribution is 9.11. The second kappa shape index (κ2) is 6.35. The molecule has 0 aromatic carbocycles. The van der Waals surface area contributed by atoms with Gasteiger partial charge in [0, 0.05) is 17.5 Å². The van der Waals surface area contributed by atoms with E-state index in [1.54, 1.807) is 11.3 Å². The van der Waals surface area contributed by atoms with E-state index >= 15 is 0 Å². The fraction of sp³-hybridized carbons (Fsp3) is 0.615. The molecule has 1 amide bonds. The van der Waals surface area contributed by atoms with E-state index in [-0.39, 0.29) is 23.9 Å². The number of carbonyl (C=O) groups excluding carboxylic acids is 1. The molecule has 1 saturated heterocycles. The number of hydrogen-bond donors (Lipinski definition) is 2. The summed E-state index contributed by atoms with van der Waals surface area (Å²) in [4.78, 5) is 14.9. The Balaban J connectivity index is 2.17. The smallest absolute Gasteiger partial charge is 0.221 e. The molecule has 6 heteroatoms. The number of thiophene rings is 1. The molecule has 0 radical (unpaired) electrons. The van der Waals surface area contributed by atoms with Gasteiger partial charge in [0.1, 0.15) is 0 Å². The maximum Gasteiger partial charge on any atom is 0.221 e. The van der Waals surface area contributed by atoms with Gasteiger partial charge < -0.3 is 11.5 Å². The van der Waals surface area contributed by atoms with Gasteiger partial charge in [0.25, 0.3) is 0 Å². The van der Waals surface area contributed by atoms with E-state index < -0.39 is 0 Å². The Kier molecular flexibility index (Phi) is 5.00. The van der Waals surface area contributed by atoms with Crippen LogP contribution < -0.4 is 11.5 Å². The number of rotatable bonds is 5. The van der Waals surface area contributed by atoms with Crippen LogP contribution in [0.15, 0.2) is 15.9 Å². The largest absolute Gasteiger partial charge is 0.369 e. The molecule has 0 aliphatic carbocycles. The summed E-state index contributed by atoms with van der Waals surface area (Å²) >= 11 is 5.22. The summed E-state index contributed by atoms with van der Waals surface area (Å²) in [5.41, 5.74) is 11.7. The van der Waals surface area contributed by atoms with Crippen LogP contribution in [0, 0.1) is 5.92 Å². The first-order valence-electron chi connectivity index (χ1n) is 6.57. The SMILES string of the molecule is CCC(N)C(c1ccc(Br)s1)N1CCC(C(N)=O)C1. The van der Waals surface area contributed by atoms with Crippen molar-refractivity contribution in [3.05, 3.63) is 20.8 Å². The Morgan fingerprint density at radius 2 is 2.37 bits per heavy atom. The van der Waals surface area contributed by atoms with E-state index in [2.05, 4.69) is 39.9 Å². The van der Waals surface area contributed by atoms with Crippen LogP contribution in [0.5, 0.6) is 0 Å². The summed E-state index contributed by atoms with van der Waals surface area (Å²) < 4.78 is 1.11. The summed E-state index contributed by atoms with van der Waals surface area (Å²) in [7, 11) is 0. The average Bonchev–Trinajstić information content (AvgIpc) is 2.99. The second-order valence-electron chi connectivity index (χ2n) is 5.04. The van der Waals surface area contributed by atoms with Crippen LogP contribution >= 0.6 is 27.3 Å². The van der Waals surface area contributed by atoms with Gasteiger partial charge in [0.2, 0.25) is 5.91 Å². The molecule has 2 heterocycles. The zero-order valence-electron chi connectivity index (χ0n) is 11.0. The van der Waals surface area contributed by atoms with Crippen molar-refractivity contribution in [1.29, 1.82) is 0 Å². The van der Waals surface area contributed by atoms with Gasteiger partial charge in [-0.15, -0.1) is 11.3 Å². The van der Waals surface area contributed by atoms with Crippen LogP contribution in [0.3, 0.4) is 0 Å². The van der Waals surface area contributed by atoms with Crippen molar-refractivity contribution in [3.63, 3.8) is 0 Å². The van der Waals surface area contributed by atoms with E-state index in [9.17, 15) is 4.79 Å². The summed E-state index contributed by atoms with van der Waals surface area (Å²) in [6, 6.07) is 4.44. The molecule has 3 atom stereocenters. The average molecular weight is 346 g/mol. The van der Waals surface area contributed by atoms with Crippen molar-refractivity contribution in [2.75, 3.05) is 13.1 Å². The monoisotopic (exact) mass is 345 g/mol. The molecule has 2 rings (SSSR count). The van der Waals surface area contributed by atoms with Crippen LogP contribution in [0.4, 0.5) is 0 Å². The summed E-state index contributed by atoms with van der Waals surface area (Å²) in [6.45, 7) is 3.71. The Bertz CT molecular complexity index is 451. The molecule has 19 heavy (non-hydrogen) atoms. The number of nitrogens with zero attached hydrogens (tertiary/aromatic N) is 1. The van der Waals surface area contributed by atoms with Crippen LogP contribution in [0.1, 0.15) is 30.7 Å². The van der Waals surface area contributed by atoms with Gasteiger partial charge in [-0.25, -0.2) is 0 Å². The van der Waals surface area contributed by atoms with E-state index in [0.717, 1.165) is 29.7 Å². The molecule has 3 unspecified atom stereocenters. The van der Waals surface area contributed by atoms with Crippen LogP contribution in [0.25, 0.3) is 0 Å². The van der Waals surface area contributed by atoms with Gasteiger partial charge in [0.15, 0.2) is 0 Å². The molecule has 4 nitrogen and oxygen atoms in total. The molecule has 1 aromatic rings. The van der Waals surface area contributed by atoms with Gasteiger partial charge in [-0.05, 0) is 47.4 Å². The van der Waals surface area contributed by atoms with Crippen LogP contribution in [0.2, 0.25) is 0 Å². The Labute approximate surface area is 126 Å². The van der Waals surface area contributed by atoms with Crippen LogP contribution in [-0.2, 0) is 4.79 Å². The fourth-order valence-corrected chi connectivity index (χ4v) is 4.28. The third kappa shape index (κ3) is 3.37. The second-order valence-corrected chi connectivity index (χ2v) is 7.54. The number of hydrogen-bond acceptors (Lipinski definition) is 4. The first-order chi connectivity index (χ1) is 9.02. The van der Waals surface area contributed by atoms with E-state index in [4.69, 9.17) is 11.5 Å². The third-order valence-electron chi connectivity index (χ3n) is 3.78. The molecule has 4 N–H and O–H groups in total. The third-order valence-corrected chi connectivity index (χ3v) is 5.47. The highest BCUT2D eigenvalue weighted by Crippen LogP contribution is 2.36. The lowest BCUT2D eigenvalue weighted by Crippen LogP contribution is -2.40. The van der Waals surface area contributed by atoms with Gasteiger partial charge in [-0.1, -0.05) is 6.92 Å². The number of carbonyl (C=O) groups is 1. The van der Waals surface area contributed by atoms with Crippen molar-refractivity contribution in [2.45, 2.75) is 31.8 Å². The molecule has 1 aromatic heterocycles. The topological polar surface area (TPSA) is 72.3 Å². The molecule has 0 saturated carbocycles. The molecule has 0 spiro atoms. The lowest BCUT2D eigenvalue weighted by atomic mass is 10.0. The lowest BCUT2D eigenvalue weighted by Gasteiger charge is -2.31. The Hall–Kier alpha value is -0.430. The Morgan fingerprint density at radius 3 is 2.84 bits per heavy atom. The molecule has 1 aliphatic heterocycles. The van der Waals surface area contributed by atoms with Gasteiger partial charge in [-0.3, -0.25) is 9.69 Å². The normalized spacial score (nSPS) is 23.4. The standard InChI is InChI=1S/C13H20BrN3OS/c1-2-9(15)12(10-3-4-11(14)19-10)17-6-5-8(7-17)13(16)18/h3-4,8-9,12H,2,5-7,15H2,1H3,(H2,16,18). The zero-order chi connectivity index (χ0) is 14.0. The molecule has 1 fully saturated rings. The maximum absolute atomic E-state index is 11.3. The molecular formula is C13H20BrN3OS. The van der Waals surface area contributed by atoms with E-state index in [1.807, 2.05) is 0 Å². The summed E-state index contributed by atoms with van der Waals surface area (Å²) in [5.74, 6) is -0.228. The van der Waals surface area contributed by atoms with Crippen molar-refractivity contribution in [1.82, 2.24) is 4.90 Å². The fourth-order valence-electron chi connectivity index (χ4n) is 2.64. The number of nitrogens with two attached hydrogens (primary N) is 2. The van der Waals surface area contributed by atoms with E-state index in [0.29, 0.717) is 0 Å². The van der Waals surface area contributed by atoms with Crippen molar-refractivity contribution in [3.8, 4) is 0 Å². The number of halogens is 1. The molecule has 0 bridgehead atoms. The molecule has 1 aliphatic rings. The van der Waals surface area contributed by atoms with E-state index in [1.165, 1.54) is 4.88 Å². The highest BCUT2D eigenvalue weighted by Gasteiger charge is 2.34. The minimum atomic E-state index is -0.196. The molecular weight excluding hydrogens is 326 g/mol. The Morgan fingerprint density at radius 1 is 1.63 bits per heavy atom. The predicted octanol–water partition coefficient (Wildman–Crippen LogP) is 2.10. The lowest BCUT2D eigenvalue weighted by molar-refractivity contribution is -0.121. The minimum absolute atomic E-state index is 0.0324. The summed E-state index contributed by atoms with van der Waals surface area (Å²) in [6.07, 6.45) is 1.76. The molecule has 106 valence electrons. The van der Waals surface area contributed by atoms with Crippen LogP contribution in [-0.4, -0.2) is 29.9 Å². The van der Waals surface area contributed by atoms with Crippen molar-refractivity contribution >= 4 is 33.2 Å². The maximum atomic E-state index is 11.3.